The van der Waals surface area contributed by atoms with Crippen LogP contribution in [0.4, 0.5) is 16.0 Å². The molecule has 8 nitrogen and oxygen atoms in total. The number of hydrogen-bond acceptors (Lipinski definition) is 6. The Morgan fingerprint density at radius 3 is 2.24 bits per heavy atom. The summed E-state index contributed by atoms with van der Waals surface area (Å²) in [6, 6.07) is 11.4. The summed E-state index contributed by atoms with van der Waals surface area (Å²) >= 11 is 0. The van der Waals surface area contributed by atoms with Crippen LogP contribution in [0.1, 0.15) is 0 Å². The molecule has 0 atom stereocenters. The molecule has 1 aliphatic heterocycles. The molecule has 1 aliphatic rings. The molecule has 2 aromatic heterocycles. The van der Waals surface area contributed by atoms with Crippen LogP contribution < -0.4 is 21.0 Å². The highest BCUT2D eigenvalue weighted by atomic mass is 19.1. The lowest BCUT2D eigenvalue weighted by atomic mass is 10.1. The summed E-state index contributed by atoms with van der Waals surface area (Å²) in [5.74, 6) is 1.04. The maximum atomic E-state index is 13.4. The third kappa shape index (κ3) is 3.63. The van der Waals surface area contributed by atoms with Crippen molar-refractivity contribution in [2.24, 2.45) is 14.1 Å². The van der Waals surface area contributed by atoms with E-state index in [0.717, 1.165) is 10.4 Å². The first-order valence-electron chi connectivity index (χ1n) is 9.30. The van der Waals surface area contributed by atoms with E-state index in [0.29, 0.717) is 43.3 Å². The second kappa shape index (κ2) is 7.50. The Bertz CT molecular complexity index is 1150. The minimum absolute atomic E-state index is 0.311. The van der Waals surface area contributed by atoms with Crippen molar-refractivity contribution in [3.05, 3.63) is 69.1 Å². The minimum Gasteiger partial charge on any atom is -0.354 e. The van der Waals surface area contributed by atoms with Crippen LogP contribution in [0.15, 0.2) is 52.1 Å². The van der Waals surface area contributed by atoms with Crippen molar-refractivity contribution in [2.75, 3.05) is 36.0 Å². The van der Waals surface area contributed by atoms with Gasteiger partial charge in [0.2, 0.25) is 0 Å². The van der Waals surface area contributed by atoms with Crippen molar-refractivity contribution in [3.8, 4) is 11.3 Å². The van der Waals surface area contributed by atoms with Crippen LogP contribution in [0, 0.1) is 5.82 Å². The molecule has 4 rings (SSSR count). The molecule has 1 saturated heterocycles. The highest BCUT2D eigenvalue weighted by molar-refractivity contribution is 5.59. The van der Waals surface area contributed by atoms with Gasteiger partial charge in [-0.05, 0) is 24.3 Å². The number of piperazine rings is 1. The summed E-state index contributed by atoms with van der Waals surface area (Å²) in [4.78, 5) is 28.3. The molecule has 3 heterocycles. The molecule has 3 aromatic rings. The van der Waals surface area contributed by atoms with E-state index in [1.54, 1.807) is 19.2 Å². The molecule has 0 N–H and O–H groups in total. The Labute approximate surface area is 166 Å². The Morgan fingerprint density at radius 2 is 1.59 bits per heavy atom. The lowest BCUT2D eigenvalue weighted by Crippen LogP contribution is -2.49. The average Bonchev–Trinajstić information content (AvgIpc) is 2.75. The van der Waals surface area contributed by atoms with Gasteiger partial charge in [-0.15, -0.1) is 10.2 Å². The van der Waals surface area contributed by atoms with Gasteiger partial charge in [0, 0.05) is 51.9 Å². The Balaban J connectivity index is 1.48. The maximum Gasteiger partial charge on any atom is 0.332 e. The largest absolute Gasteiger partial charge is 0.354 e. The normalized spacial score (nSPS) is 14.3. The molecule has 0 amide bonds. The smallest absolute Gasteiger partial charge is 0.332 e. The fourth-order valence-electron chi connectivity index (χ4n) is 3.49. The lowest BCUT2D eigenvalue weighted by Gasteiger charge is -2.36. The van der Waals surface area contributed by atoms with E-state index < -0.39 is 0 Å². The van der Waals surface area contributed by atoms with E-state index in [1.807, 2.05) is 17.0 Å². The fraction of sp³-hybridized carbons (Fsp3) is 0.300. The van der Waals surface area contributed by atoms with Crippen molar-refractivity contribution in [1.29, 1.82) is 0 Å². The summed E-state index contributed by atoms with van der Waals surface area (Å²) in [5.41, 5.74) is 0.639. The molecule has 1 fully saturated rings. The van der Waals surface area contributed by atoms with E-state index >= 15 is 0 Å². The average molecular weight is 396 g/mol. The monoisotopic (exact) mass is 396 g/mol. The zero-order valence-electron chi connectivity index (χ0n) is 16.2. The van der Waals surface area contributed by atoms with Gasteiger partial charge in [-0.2, -0.15) is 0 Å². The predicted octanol–water partition coefficient (Wildman–Crippen LogP) is 1.01. The number of aromatic nitrogens is 4. The molecule has 1 aromatic carbocycles. The summed E-state index contributed by atoms with van der Waals surface area (Å²) in [7, 11) is 3.14. The van der Waals surface area contributed by atoms with Crippen molar-refractivity contribution in [3.63, 3.8) is 0 Å². The first-order valence-corrected chi connectivity index (χ1v) is 9.30. The number of rotatable bonds is 3. The highest BCUT2D eigenvalue weighted by Gasteiger charge is 2.21. The van der Waals surface area contributed by atoms with Crippen LogP contribution in [-0.2, 0) is 14.1 Å². The van der Waals surface area contributed by atoms with Crippen molar-refractivity contribution >= 4 is 11.6 Å². The van der Waals surface area contributed by atoms with E-state index in [-0.39, 0.29) is 17.1 Å². The van der Waals surface area contributed by atoms with Gasteiger partial charge in [0.15, 0.2) is 5.82 Å². The van der Waals surface area contributed by atoms with Gasteiger partial charge in [0.1, 0.15) is 11.6 Å². The molecular formula is C20H21FN6O2. The van der Waals surface area contributed by atoms with Gasteiger partial charge >= 0.3 is 5.69 Å². The lowest BCUT2D eigenvalue weighted by molar-refractivity contribution is 0.605. The number of hydrogen-bond donors (Lipinski definition) is 0. The van der Waals surface area contributed by atoms with Crippen LogP contribution in [0.3, 0.4) is 0 Å². The summed E-state index contributed by atoms with van der Waals surface area (Å²) < 4.78 is 16.0. The SMILES string of the molecule is Cn1c(N2CCN(c3ccc(-c4cccc(F)c4)nn3)CC2)cc(=O)n(C)c1=O. The topological polar surface area (TPSA) is 76.3 Å². The van der Waals surface area contributed by atoms with Gasteiger partial charge < -0.3 is 9.80 Å². The first-order chi connectivity index (χ1) is 13.9. The minimum atomic E-state index is -0.339. The van der Waals surface area contributed by atoms with Crippen molar-refractivity contribution in [1.82, 2.24) is 19.3 Å². The van der Waals surface area contributed by atoms with Crippen LogP contribution in [-0.4, -0.2) is 45.5 Å². The van der Waals surface area contributed by atoms with E-state index in [9.17, 15) is 14.0 Å². The van der Waals surface area contributed by atoms with Gasteiger partial charge in [-0.25, -0.2) is 9.18 Å². The van der Waals surface area contributed by atoms with E-state index in [4.69, 9.17) is 0 Å². The number of halogens is 1. The van der Waals surface area contributed by atoms with Gasteiger partial charge in [0.05, 0.1) is 5.69 Å². The molecule has 0 radical (unpaired) electrons. The summed E-state index contributed by atoms with van der Waals surface area (Å²) in [6.07, 6.45) is 0. The predicted molar refractivity (Wildman–Crippen MR) is 109 cm³/mol. The van der Waals surface area contributed by atoms with E-state index in [1.165, 1.54) is 29.8 Å². The second-order valence-electron chi connectivity index (χ2n) is 7.00. The van der Waals surface area contributed by atoms with Crippen LogP contribution in [0.25, 0.3) is 11.3 Å². The van der Waals surface area contributed by atoms with Gasteiger partial charge in [-0.3, -0.25) is 13.9 Å². The highest BCUT2D eigenvalue weighted by Crippen LogP contribution is 2.21. The van der Waals surface area contributed by atoms with Gasteiger partial charge in [-0.1, -0.05) is 12.1 Å². The van der Waals surface area contributed by atoms with Gasteiger partial charge in [0.25, 0.3) is 5.56 Å². The zero-order valence-corrected chi connectivity index (χ0v) is 16.2. The first kappa shape index (κ1) is 18.9. The van der Waals surface area contributed by atoms with Crippen LogP contribution in [0.5, 0.6) is 0 Å². The third-order valence-electron chi connectivity index (χ3n) is 5.20. The Kier molecular flexibility index (Phi) is 4.87. The standard InChI is InChI=1S/C20H21FN6O2/c1-24-18(13-19(28)25(2)20(24)29)27-10-8-26(9-11-27)17-7-6-16(22-23-17)14-4-3-5-15(21)12-14/h3-7,12-13H,8-11H2,1-2H3. The van der Waals surface area contributed by atoms with Crippen LogP contribution in [0.2, 0.25) is 0 Å². The quantitative estimate of drug-likeness (QED) is 0.658. The molecule has 0 bridgehead atoms. The van der Waals surface area contributed by atoms with Crippen molar-refractivity contribution in [2.45, 2.75) is 0 Å². The summed E-state index contributed by atoms with van der Waals surface area (Å²) in [6.45, 7) is 2.65. The zero-order chi connectivity index (χ0) is 20.5. The summed E-state index contributed by atoms with van der Waals surface area (Å²) in [5, 5.41) is 8.52. The molecule has 9 heteroatoms. The molecule has 0 saturated carbocycles. The third-order valence-corrected chi connectivity index (χ3v) is 5.20. The molecule has 29 heavy (non-hydrogen) atoms. The molecule has 150 valence electrons. The van der Waals surface area contributed by atoms with Crippen molar-refractivity contribution < 1.29 is 4.39 Å². The Morgan fingerprint density at radius 1 is 0.862 bits per heavy atom. The molecule has 0 spiro atoms. The molecule has 0 aliphatic carbocycles. The molecule has 0 unspecified atom stereocenters. The van der Waals surface area contributed by atoms with E-state index in [2.05, 4.69) is 15.1 Å². The van der Waals surface area contributed by atoms with Crippen LogP contribution >= 0.6 is 0 Å². The number of benzene rings is 1. The Hall–Kier alpha value is -3.49. The molecular weight excluding hydrogens is 375 g/mol. The number of anilines is 2. The second-order valence-corrected chi connectivity index (χ2v) is 7.00. The fourth-order valence-corrected chi connectivity index (χ4v) is 3.49. The maximum absolute atomic E-state index is 13.4. The number of nitrogens with zero attached hydrogens (tertiary/aromatic N) is 6.